The van der Waals surface area contributed by atoms with Gasteiger partial charge in [-0.15, -0.1) is 0 Å². The molecule has 0 aromatic heterocycles. The standard InChI is InChI=1S/C12H24O2.K.Na.2H/c1-2-3-4-5-6-7-8-9-10-11-12(13)14;;;;/h2-11H2,1H3,(H,13,14);;;;/q;2*+1;2*-1. The molecule has 2 nitrogen and oxygen atoms in total. The molecule has 0 radical (unpaired) electrons. The van der Waals surface area contributed by atoms with Crippen molar-refractivity contribution in [2.75, 3.05) is 0 Å². The molecule has 4 heteroatoms. The maximum atomic E-state index is 10.2. The molecule has 0 saturated carbocycles. The first kappa shape index (κ1) is 23.2. The van der Waals surface area contributed by atoms with Crippen LogP contribution < -0.4 is 80.9 Å². The van der Waals surface area contributed by atoms with E-state index in [0.717, 1.165) is 12.8 Å². The second-order valence-corrected chi connectivity index (χ2v) is 3.97. The molecule has 0 heterocycles. The molecule has 88 valence electrons. The van der Waals surface area contributed by atoms with E-state index in [1.165, 1.54) is 44.9 Å². The summed E-state index contributed by atoms with van der Waals surface area (Å²) in [5.74, 6) is -0.659. The zero-order valence-corrected chi connectivity index (χ0v) is 16.5. The molecule has 16 heavy (non-hydrogen) atoms. The van der Waals surface area contributed by atoms with Gasteiger partial charge >= 0.3 is 86.9 Å². The maximum Gasteiger partial charge on any atom is 1.00 e. The van der Waals surface area contributed by atoms with E-state index in [9.17, 15) is 4.79 Å². The van der Waals surface area contributed by atoms with Crippen molar-refractivity contribution in [3.8, 4) is 0 Å². The van der Waals surface area contributed by atoms with Gasteiger partial charge in [-0.25, -0.2) is 0 Å². The summed E-state index contributed by atoms with van der Waals surface area (Å²) >= 11 is 0. The molecule has 0 aliphatic rings. The van der Waals surface area contributed by atoms with Crippen LogP contribution in [-0.2, 0) is 4.79 Å². The first-order valence-electron chi connectivity index (χ1n) is 5.99. The minimum atomic E-state index is -0.659. The smallest absolute Gasteiger partial charge is 1.00 e. The Hall–Kier alpha value is 2.11. The van der Waals surface area contributed by atoms with E-state index >= 15 is 0 Å². The Bertz CT molecular complexity index is 152. The van der Waals surface area contributed by atoms with E-state index in [2.05, 4.69) is 6.92 Å². The number of carboxylic acid groups (broad SMARTS) is 1. The molecule has 0 rings (SSSR count). The van der Waals surface area contributed by atoms with Crippen LogP contribution in [0, 0.1) is 0 Å². The average Bonchev–Trinajstić information content (AvgIpc) is 2.15. The number of aliphatic carboxylic acids is 1. The van der Waals surface area contributed by atoms with Crippen LogP contribution in [0.15, 0.2) is 0 Å². The normalized spacial score (nSPS) is 9.06. The van der Waals surface area contributed by atoms with Gasteiger partial charge in [-0.05, 0) is 6.42 Å². The fraction of sp³-hybridized carbons (Fsp3) is 0.917. The third kappa shape index (κ3) is 21.4. The summed E-state index contributed by atoms with van der Waals surface area (Å²) < 4.78 is 0. The first-order valence-corrected chi connectivity index (χ1v) is 5.99. The third-order valence-corrected chi connectivity index (χ3v) is 2.49. The molecule has 0 bridgehead atoms. The van der Waals surface area contributed by atoms with E-state index in [-0.39, 0.29) is 83.8 Å². The SMILES string of the molecule is CCCCCCCCCCCC(=O)O.[H-].[H-].[K+].[Na+]. The van der Waals surface area contributed by atoms with Gasteiger partial charge in [0.15, 0.2) is 0 Å². The Morgan fingerprint density at radius 2 is 1.31 bits per heavy atom. The third-order valence-electron chi connectivity index (χ3n) is 2.49. The second kappa shape index (κ2) is 19.4. The van der Waals surface area contributed by atoms with Crippen LogP contribution in [-0.4, -0.2) is 11.1 Å². The van der Waals surface area contributed by atoms with Crippen LogP contribution in [0.1, 0.15) is 74.0 Å². The quantitative estimate of drug-likeness (QED) is 0.374. The van der Waals surface area contributed by atoms with Gasteiger partial charge in [0.2, 0.25) is 0 Å². The minimum absolute atomic E-state index is 0. The maximum absolute atomic E-state index is 10.2. The zero-order valence-electron chi connectivity index (χ0n) is 13.4. The Kier molecular flexibility index (Phi) is 28.2. The fourth-order valence-corrected chi connectivity index (χ4v) is 1.59. The van der Waals surface area contributed by atoms with E-state index < -0.39 is 5.97 Å². The molecule has 0 aromatic rings. The van der Waals surface area contributed by atoms with Crippen LogP contribution >= 0.6 is 0 Å². The molecule has 0 saturated heterocycles. The number of hydrogen-bond acceptors (Lipinski definition) is 1. The predicted molar refractivity (Wildman–Crippen MR) is 61.7 cm³/mol. The van der Waals surface area contributed by atoms with Crippen molar-refractivity contribution in [3.63, 3.8) is 0 Å². The first-order chi connectivity index (χ1) is 6.77. The van der Waals surface area contributed by atoms with Crippen molar-refractivity contribution in [2.24, 2.45) is 0 Å². The van der Waals surface area contributed by atoms with Crippen molar-refractivity contribution in [3.05, 3.63) is 0 Å². The molecule has 0 spiro atoms. The largest absolute Gasteiger partial charge is 1.00 e. The molecule has 0 aliphatic heterocycles. The molecule has 0 atom stereocenters. The summed E-state index contributed by atoms with van der Waals surface area (Å²) in [6.45, 7) is 2.23. The van der Waals surface area contributed by atoms with Crippen LogP contribution in [0.3, 0.4) is 0 Å². The number of carbonyl (C=O) groups is 1. The van der Waals surface area contributed by atoms with Gasteiger partial charge in [0, 0.05) is 6.42 Å². The van der Waals surface area contributed by atoms with Gasteiger partial charge in [-0.2, -0.15) is 0 Å². The summed E-state index contributed by atoms with van der Waals surface area (Å²) in [6, 6.07) is 0. The van der Waals surface area contributed by atoms with Crippen LogP contribution in [0.4, 0.5) is 0 Å². The molecular weight excluding hydrogens is 238 g/mol. The van der Waals surface area contributed by atoms with Gasteiger partial charge in [-0.3, -0.25) is 4.79 Å². The number of hydrogen-bond donors (Lipinski definition) is 1. The van der Waals surface area contributed by atoms with Gasteiger partial charge < -0.3 is 7.96 Å². The summed E-state index contributed by atoms with van der Waals surface area (Å²) in [5.41, 5.74) is 0. The fourth-order valence-electron chi connectivity index (χ4n) is 1.59. The molecule has 0 fully saturated rings. The topological polar surface area (TPSA) is 37.3 Å². The van der Waals surface area contributed by atoms with E-state index in [1.54, 1.807) is 0 Å². The molecular formula is C12H26KNaO2. The van der Waals surface area contributed by atoms with Gasteiger partial charge in [-0.1, -0.05) is 58.3 Å². The minimum Gasteiger partial charge on any atom is -1.00 e. The van der Waals surface area contributed by atoms with E-state index in [0.29, 0.717) is 6.42 Å². The van der Waals surface area contributed by atoms with Gasteiger partial charge in [0.05, 0.1) is 0 Å². The monoisotopic (exact) mass is 264 g/mol. The number of rotatable bonds is 10. The van der Waals surface area contributed by atoms with Crippen molar-refractivity contribution in [2.45, 2.75) is 71.1 Å². The molecule has 1 N–H and O–H groups in total. The molecule has 0 amide bonds. The molecule has 0 aromatic carbocycles. The molecule has 0 unspecified atom stereocenters. The van der Waals surface area contributed by atoms with E-state index in [4.69, 9.17) is 5.11 Å². The van der Waals surface area contributed by atoms with Crippen LogP contribution in [0.25, 0.3) is 0 Å². The number of carboxylic acids is 1. The van der Waals surface area contributed by atoms with E-state index in [1.807, 2.05) is 0 Å². The summed E-state index contributed by atoms with van der Waals surface area (Å²) in [7, 11) is 0. The Morgan fingerprint density at radius 1 is 0.938 bits per heavy atom. The van der Waals surface area contributed by atoms with Crippen molar-refractivity contribution in [1.82, 2.24) is 0 Å². The van der Waals surface area contributed by atoms with Gasteiger partial charge in [0.25, 0.3) is 0 Å². The van der Waals surface area contributed by atoms with Crippen LogP contribution in [0.5, 0.6) is 0 Å². The van der Waals surface area contributed by atoms with Crippen molar-refractivity contribution in [1.29, 1.82) is 0 Å². The van der Waals surface area contributed by atoms with Crippen molar-refractivity contribution < 1.29 is 93.7 Å². The van der Waals surface area contributed by atoms with Crippen molar-refractivity contribution >= 4 is 5.97 Å². The Morgan fingerprint density at radius 3 is 1.69 bits per heavy atom. The van der Waals surface area contributed by atoms with Gasteiger partial charge in [0.1, 0.15) is 0 Å². The second-order valence-electron chi connectivity index (χ2n) is 3.97. The Balaban J connectivity index is -0.000000141. The number of unbranched alkanes of at least 4 members (excludes halogenated alkanes) is 8. The average molecular weight is 264 g/mol. The summed E-state index contributed by atoms with van der Waals surface area (Å²) in [6.07, 6.45) is 11.5. The van der Waals surface area contributed by atoms with Crippen LogP contribution in [0.2, 0.25) is 0 Å². The summed E-state index contributed by atoms with van der Waals surface area (Å²) in [4.78, 5) is 10.2. The predicted octanol–water partition coefficient (Wildman–Crippen LogP) is -1.78. The molecule has 0 aliphatic carbocycles. The summed E-state index contributed by atoms with van der Waals surface area (Å²) in [5, 5.41) is 8.41. The Labute approximate surface area is 168 Å². The zero-order chi connectivity index (χ0) is 10.6.